The molecular formula is C14H10F2N2O3S. The largest absolute Gasteiger partial charge is 0.488 e. The van der Waals surface area contributed by atoms with E-state index in [9.17, 15) is 16.7 Å². The van der Waals surface area contributed by atoms with Crippen molar-refractivity contribution in [2.24, 2.45) is 7.05 Å². The summed E-state index contributed by atoms with van der Waals surface area (Å²) in [5.74, 6) is -0.0988. The molecule has 22 heavy (non-hydrogen) atoms. The number of aromatic nitrogens is 2. The Bertz CT molecular complexity index is 967. The van der Waals surface area contributed by atoms with Gasteiger partial charge >= 0.3 is 10.5 Å². The SMILES string of the molecule is Cn1c(-c2cccc(OS(=O)(=O)F)c2)nc2cc(F)ccc21. The van der Waals surface area contributed by atoms with Crippen molar-refractivity contribution in [2.75, 3.05) is 0 Å². The van der Waals surface area contributed by atoms with Crippen LogP contribution in [0.3, 0.4) is 0 Å². The Morgan fingerprint density at radius 3 is 2.68 bits per heavy atom. The number of fused-ring (bicyclic) bond motifs is 1. The van der Waals surface area contributed by atoms with Gasteiger partial charge in [-0.25, -0.2) is 9.37 Å². The lowest BCUT2D eigenvalue weighted by atomic mass is 10.2. The molecule has 0 unspecified atom stereocenters. The fourth-order valence-corrected chi connectivity index (χ4v) is 2.57. The molecule has 0 fully saturated rings. The van der Waals surface area contributed by atoms with Gasteiger partial charge in [0.1, 0.15) is 17.4 Å². The van der Waals surface area contributed by atoms with Crippen molar-refractivity contribution < 1.29 is 20.9 Å². The van der Waals surface area contributed by atoms with Gasteiger partial charge in [0.2, 0.25) is 0 Å². The molecule has 0 radical (unpaired) electrons. The molecule has 114 valence electrons. The Kier molecular flexibility index (Phi) is 3.32. The van der Waals surface area contributed by atoms with Gasteiger partial charge in [-0.3, -0.25) is 0 Å². The second kappa shape index (κ2) is 5.06. The predicted octanol–water partition coefficient (Wildman–Crippen LogP) is 2.97. The van der Waals surface area contributed by atoms with Gasteiger partial charge in [-0.15, -0.1) is 0 Å². The molecule has 2 aromatic carbocycles. The lowest BCUT2D eigenvalue weighted by molar-refractivity contribution is 0.440. The molecule has 3 rings (SSSR count). The first-order valence-electron chi connectivity index (χ1n) is 6.20. The summed E-state index contributed by atoms with van der Waals surface area (Å²) in [6.07, 6.45) is 0. The number of imidazole rings is 1. The number of benzene rings is 2. The van der Waals surface area contributed by atoms with Crippen molar-refractivity contribution in [2.45, 2.75) is 0 Å². The Labute approximate surface area is 125 Å². The Balaban J connectivity index is 2.11. The van der Waals surface area contributed by atoms with E-state index < -0.39 is 16.3 Å². The van der Waals surface area contributed by atoms with E-state index in [4.69, 9.17) is 0 Å². The zero-order valence-corrected chi connectivity index (χ0v) is 12.1. The lowest BCUT2D eigenvalue weighted by Gasteiger charge is -2.05. The molecule has 8 heteroatoms. The molecule has 0 N–H and O–H groups in total. The minimum atomic E-state index is -5.09. The highest BCUT2D eigenvalue weighted by atomic mass is 32.3. The Hall–Kier alpha value is -2.48. The molecule has 0 atom stereocenters. The third kappa shape index (κ3) is 2.77. The smallest absolute Gasteiger partial charge is 0.358 e. The first kappa shape index (κ1) is 14.5. The maximum atomic E-state index is 13.3. The van der Waals surface area contributed by atoms with E-state index in [2.05, 4.69) is 9.17 Å². The van der Waals surface area contributed by atoms with Gasteiger partial charge in [0.05, 0.1) is 11.0 Å². The van der Waals surface area contributed by atoms with Crippen LogP contribution in [0.5, 0.6) is 5.75 Å². The Morgan fingerprint density at radius 2 is 1.95 bits per heavy atom. The van der Waals surface area contributed by atoms with Gasteiger partial charge in [0, 0.05) is 18.7 Å². The van der Waals surface area contributed by atoms with Crippen molar-refractivity contribution in [3.63, 3.8) is 0 Å². The number of hydrogen-bond acceptors (Lipinski definition) is 4. The molecule has 1 aromatic heterocycles. The molecule has 0 spiro atoms. The predicted molar refractivity (Wildman–Crippen MR) is 76.8 cm³/mol. The maximum absolute atomic E-state index is 13.3. The first-order valence-corrected chi connectivity index (χ1v) is 7.51. The number of hydrogen-bond donors (Lipinski definition) is 0. The van der Waals surface area contributed by atoms with Crippen LogP contribution >= 0.6 is 0 Å². The van der Waals surface area contributed by atoms with Crippen LogP contribution in [0.15, 0.2) is 42.5 Å². The van der Waals surface area contributed by atoms with E-state index in [0.29, 0.717) is 22.4 Å². The van der Waals surface area contributed by atoms with Crippen LogP contribution in [0, 0.1) is 5.82 Å². The number of halogens is 2. The number of nitrogens with zero attached hydrogens (tertiary/aromatic N) is 2. The number of rotatable bonds is 3. The average molecular weight is 324 g/mol. The van der Waals surface area contributed by atoms with Crippen molar-refractivity contribution in [3.05, 3.63) is 48.3 Å². The molecular weight excluding hydrogens is 314 g/mol. The van der Waals surface area contributed by atoms with Gasteiger partial charge in [-0.05, 0) is 24.3 Å². The highest BCUT2D eigenvalue weighted by Gasteiger charge is 2.14. The minimum absolute atomic E-state index is 0.168. The fraction of sp³-hybridized carbons (Fsp3) is 0.0714. The van der Waals surface area contributed by atoms with Crippen LogP contribution in [0.25, 0.3) is 22.4 Å². The van der Waals surface area contributed by atoms with Gasteiger partial charge in [0.25, 0.3) is 0 Å². The van der Waals surface area contributed by atoms with Gasteiger partial charge < -0.3 is 8.75 Å². The van der Waals surface area contributed by atoms with Gasteiger partial charge in [-0.1, -0.05) is 16.0 Å². The van der Waals surface area contributed by atoms with Gasteiger partial charge in [0.15, 0.2) is 0 Å². The summed E-state index contributed by atoms with van der Waals surface area (Å²) in [7, 11) is -3.36. The quantitative estimate of drug-likeness (QED) is 0.695. The van der Waals surface area contributed by atoms with E-state index >= 15 is 0 Å². The van der Waals surface area contributed by atoms with Gasteiger partial charge in [-0.2, -0.15) is 8.42 Å². The van der Waals surface area contributed by atoms with E-state index in [1.807, 2.05) is 0 Å². The van der Waals surface area contributed by atoms with Crippen LogP contribution in [0.1, 0.15) is 0 Å². The van der Waals surface area contributed by atoms with Crippen molar-refractivity contribution in [1.29, 1.82) is 0 Å². The third-order valence-electron chi connectivity index (χ3n) is 3.13. The summed E-state index contributed by atoms with van der Waals surface area (Å²) in [5, 5.41) is 0. The van der Waals surface area contributed by atoms with E-state index in [0.717, 1.165) is 0 Å². The van der Waals surface area contributed by atoms with Crippen LogP contribution in [0.4, 0.5) is 8.28 Å². The van der Waals surface area contributed by atoms with E-state index in [1.54, 1.807) is 23.7 Å². The summed E-state index contributed by atoms with van der Waals surface area (Å²) in [6, 6.07) is 10.0. The molecule has 0 bridgehead atoms. The first-order chi connectivity index (χ1) is 10.3. The molecule has 1 heterocycles. The molecule has 0 amide bonds. The van der Waals surface area contributed by atoms with Crippen molar-refractivity contribution in [1.82, 2.24) is 9.55 Å². The molecule has 0 saturated carbocycles. The van der Waals surface area contributed by atoms with E-state index in [-0.39, 0.29) is 5.75 Å². The fourth-order valence-electron chi connectivity index (χ4n) is 2.23. The monoisotopic (exact) mass is 324 g/mol. The summed E-state index contributed by atoms with van der Waals surface area (Å²) < 4.78 is 52.8. The zero-order valence-electron chi connectivity index (χ0n) is 11.3. The second-order valence-electron chi connectivity index (χ2n) is 4.63. The average Bonchev–Trinajstić information content (AvgIpc) is 2.74. The van der Waals surface area contributed by atoms with E-state index in [1.165, 1.54) is 30.3 Å². The number of aryl methyl sites for hydroxylation is 1. The van der Waals surface area contributed by atoms with Crippen molar-refractivity contribution in [3.8, 4) is 17.1 Å². The van der Waals surface area contributed by atoms with Crippen molar-refractivity contribution >= 4 is 21.5 Å². The standard InChI is InChI=1S/C14H10F2N2O3S/c1-18-13-6-5-10(15)8-12(13)17-14(18)9-3-2-4-11(7-9)21-22(16,19)20/h2-8H,1H3. The molecule has 0 saturated heterocycles. The molecule has 0 aliphatic carbocycles. The highest BCUT2D eigenvalue weighted by molar-refractivity contribution is 7.81. The van der Waals surface area contributed by atoms with Crippen LogP contribution < -0.4 is 4.18 Å². The molecule has 0 aliphatic heterocycles. The van der Waals surface area contributed by atoms with Crippen LogP contribution in [-0.2, 0) is 17.6 Å². The minimum Gasteiger partial charge on any atom is -0.358 e. The lowest BCUT2D eigenvalue weighted by Crippen LogP contribution is -2.01. The molecule has 3 aromatic rings. The third-order valence-corrected chi connectivity index (χ3v) is 3.52. The summed E-state index contributed by atoms with van der Waals surface area (Å²) in [5.41, 5.74) is 1.68. The highest BCUT2D eigenvalue weighted by Crippen LogP contribution is 2.27. The summed E-state index contributed by atoms with van der Waals surface area (Å²) >= 11 is 0. The maximum Gasteiger partial charge on any atom is 0.488 e. The topological polar surface area (TPSA) is 61.2 Å². The van der Waals surface area contributed by atoms with Crippen LogP contribution in [0.2, 0.25) is 0 Å². The zero-order chi connectivity index (χ0) is 15.9. The second-order valence-corrected chi connectivity index (χ2v) is 5.58. The summed E-state index contributed by atoms with van der Waals surface area (Å²) in [4.78, 5) is 4.31. The Morgan fingerprint density at radius 1 is 1.18 bits per heavy atom. The van der Waals surface area contributed by atoms with Crippen LogP contribution in [-0.4, -0.2) is 18.0 Å². The summed E-state index contributed by atoms with van der Waals surface area (Å²) in [6.45, 7) is 0. The normalized spacial score (nSPS) is 11.8. The molecule has 5 nitrogen and oxygen atoms in total. The molecule has 0 aliphatic rings.